The first-order valence-corrected chi connectivity index (χ1v) is 12.8. The average molecular weight is 576 g/mol. The number of nitrogens with zero attached hydrogens (tertiary/aromatic N) is 3. The molecule has 1 amide bonds. The SMILES string of the molecule is Cc1c(C(=O)Nc2cc(Cl)ccc2Oc2ccccc2)oc2c1/C(=N/Nc1ccc([N+](=O)[O-])cc1[N+](=O)[O-])CCC2. The van der Waals surface area contributed by atoms with Gasteiger partial charge in [-0.05, 0) is 56.2 Å². The van der Waals surface area contributed by atoms with Crippen molar-refractivity contribution in [2.45, 2.75) is 26.2 Å². The van der Waals surface area contributed by atoms with E-state index in [0.717, 1.165) is 12.1 Å². The summed E-state index contributed by atoms with van der Waals surface area (Å²) in [5.41, 5.74) is 3.82. The zero-order valence-electron chi connectivity index (χ0n) is 21.5. The minimum atomic E-state index is -0.723. The Hall–Kier alpha value is -5.23. The summed E-state index contributed by atoms with van der Waals surface area (Å²) in [6.07, 6.45) is 1.76. The second kappa shape index (κ2) is 11.5. The summed E-state index contributed by atoms with van der Waals surface area (Å²) in [5.74, 6) is 1.09. The number of halogens is 1. The summed E-state index contributed by atoms with van der Waals surface area (Å²) in [6, 6.07) is 17.2. The summed E-state index contributed by atoms with van der Waals surface area (Å²) >= 11 is 6.19. The maximum absolute atomic E-state index is 13.4. The van der Waals surface area contributed by atoms with E-state index in [9.17, 15) is 25.0 Å². The standard InChI is InChI=1S/C28H22ClN5O7/c1-16-26-21(32-31-20-12-11-18(33(36)37)15-23(20)34(38)39)8-5-9-25(26)41-27(16)28(35)30-22-14-17(29)10-13-24(22)40-19-6-3-2-4-7-19/h2-4,6-7,10-15,31H,5,8-9H2,1H3,(H,30,35)/b32-21+. The highest BCUT2D eigenvalue weighted by Crippen LogP contribution is 2.35. The monoisotopic (exact) mass is 575 g/mol. The lowest BCUT2D eigenvalue weighted by molar-refractivity contribution is -0.393. The lowest BCUT2D eigenvalue weighted by Gasteiger charge is -2.14. The van der Waals surface area contributed by atoms with Crippen LogP contribution in [0.15, 0.2) is 76.2 Å². The van der Waals surface area contributed by atoms with Gasteiger partial charge in [0.25, 0.3) is 11.6 Å². The van der Waals surface area contributed by atoms with E-state index >= 15 is 0 Å². The number of aryl methyl sites for hydroxylation is 1. The van der Waals surface area contributed by atoms with E-state index in [0.29, 0.717) is 64.1 Å². The molecule has 0 radical (unpaired) electrons. The number of fused-ring (bicyclic) bond motifs is 1. The maximum Gasteiger partial charge on any atom is 0.301 e. The number of hydrazone groups is 1. The molecule has 1 heterocycles. The summed E-state index contributed by atoms with van der Waals surface area (Å²) in [7, 11) is 0. The number of nitrogens with one attached hydrogen (secondary N) is 2. The number of ether oxygens (including phenoxy) is 1. The van der Waals surface area contributed by atoms with Crippen molar-refractivity contribution < 1.29 is 23.8 Å². The number of hydrogen-bond donors (Lipinski definition) is 2. The second-order valence-corrected chi connectivity index (χ2v) is 9.54. The third-order valence-electron chi connectivity index (χ3n) is 6.39. The highest BCUT2D eigenvalue weighted by Gasteiger charge is 2.29. The maximum atomic E-state index is 13.4. The number of benzene rings is 3. The van der Waals surface area contributed by atoms with E-state index in [1.165, 1.54) is 6.07 Å². The normalized spacial score (nSPS) is 13.4. The Bertz CT molecular complexity index is 1700. The summed E-state index contributed by atoms with van der Waals surface area (Å²) in [5, 5.41) is 30.1. The zero-order valence-corrected chi connectivity index (χ0v) is 22.3. The number of para-hydroxylation sites is 1. The number of rotatable bonds is 8. The Morgan fingerprint density at radius 1 is 1.00 bits per heavy atom. The molecule has 13 heteroatoms. The van der Waals surface area contributed by atoms with Crippen LogP contribution >= 0.6 is 11.6 Å². The minimum absolute atomic E-state index is 0.00811. The largest absolute Gasteiger partial charge is 0.455 e. The fourth-order valence-electron chi connectivity index (χ4n) is 4.49. The topological polar surface area (TPSA) is 162 Å². The van der Waals surface area contributed by atoms with Gasteiger partial charge in [0.2, 0.25) is 0 Å². The predicted molar refractivity (Wildman–Crippen MR) is 152 cm³/mol. The molecular formula is C28H22ClN5O7. The van der Waals surface area contributed by atoms with Crippen LogP contribution < -0.4 is 15.5 Å². The molecule has 0 bridgehead atoms. The first-order chi connectivity index (χ1) is 19.7. The van der Waals surface area contributed by atoms with E-state index in [2.05, 4.69) is 15.8 Å². The van der Waals surface area contributed by atoms with Crippen LogP contribution in [0.4, 0.5) is 22.7 Å². The Morgan fingerprint density at radius 2 is 1.78 bits per heavy atom. The van der Waals surface area contributed by atoms with Crippen LogP contribution in [0.25, 0.3) is 0 Å². The van der Waals surface area contributed by atoms with Crippen molar-refractivity contribution >= 4 is 46.0 Å². The van der Waals surface area contributed by atoms with Crippen molar-refractivity contribution in [2.24, 2.45) is 5.10 Å². The molecule has 1 aromatic heterocycles. The van der Waals surface area contributed by atoms with Crippen LogP contribution in [0.5, 0.6) is 11.5 Å². The molecule has 5 rings (SSSR count). The van der Waals surface area contributed by atoms with Crippen LogP contribution in [0.1, 0.15) is 40.3 Å². The molecule has 41 heavy (non-hydrogen) atoms. The summed E-state index contributed by atoms with van der Waals surface area (Å²) < 4.78 is 11.9. The van der Waals surface area contributed by atoms with Crippen molar-refractivity contribution in [3.63, 3.8) is 0 Å². The molecule has 0 saturated heterocycles. The average Bonchev–Trinajstić information content (AvgIpc) is 3.30. The number of carbonyl (C=O) groups excluding carboxylic acids is 1. The van der Waals surface area contributed by atoms with Crippen molar-refractivity contribution in [2.75, 3.05) is 10.7 Å². The highest BCUT2D eigenvalue weighted by molar-refractivity contribution is 6.31. The molecule has 1 aliphatic rings. The number of nitro groups is 2. The van der Waals surface area contributed by atoms with Crippen LogP contribution in [-0.4, -0.2) is 21.5 Å². The van der Waals surface area contributed by atoms with Gasteiger partial charge in [0.05, 0.1) is 27.3 Å². The van der Waals surface area contributed by atoms with Gasteiger partial charge in [-0.15, -0.1) is 0 Å². The van der Waals surface area contributed by atoms with Gasteiger partial charge in [0, 0.05) is 28.6 Å². The van der Waals surface area contributed by atoms with Crippen molar-refractivity contribution in [3.05, 3.63) is 115 Å². The van der Waals surface area contributed by atoms with E-state index in [1.807, 2.05) is 18.2 Å². The van der Waals surface area contributed by atoms with Crippen molar-refractivity contribution in [1.29, 1.82) is 0 Å². The number of non-ortho nitro benzene ring substituents is 1. The number of amides is 1. The van der Waals surface area contributed by atoms with Gasteiger partial charge < -0.3 is 14.5 Å². The van der Waals surface area contributed by atoms with Gasteiger partial charge >= 0.3 is 5.69 Å². The molecule has 0 aliphatic heterocycles. The van der Waals surface area contributed by atoms with Crippen LogP contribution in [0.2, 0.25) is 5.02 Å². The molecule has 3 aromatic carbocycles. The van der Waals surface area contributed by atoms with Gasteiger partial charge in [-0.3, -0.25) is 30.4 Å². The van der Waals surface area contributed by atoms with Gasteiger partial charge in [-0.2, -0.15) is 5.10 Å². The molecule has 0 saturated carbocycles. The van der Waals surface area contributed by atoms with Crippen LogP contribution in [0.3, 0.4) is 0 Å². The quantitative estimate of drug-likeness (QED) is 0.164. The third kappa shape index (κ3) is 5.87. The zero-order chi connectivity index (χ0) is 29.1. The summed E-state index contributed by atoms with van der Waals surface area (Å²) in [6.45, 7) is 1.73. The number of carbonyl (C=O) groups is 1. The Labute approximate surface area is 237 Å². The molecule has 2 N–H and O–H groups in total. The first-order valence-electron chi connectivity index (χ1n) is 12.4. The number of anilines is 2. The molecule has 0 spiro atoms. The minimum Gasteiger partial charge on any atom is -0.455 e. The summed E-state index contributed by atoms with van der Waals surface area (Å²) in [4.78, 5) is 34.5. The second-order valence-electron chi connectivity index (χ2n) is 9.10. The molecule has 4 aromatic rings. The van der Waals surface area contributed by atoms with Gasteiger partial charge in [0.1, 0.15) is 17.2 Å². The molecule has 0 atom stereocenters. The first kappa shape index (κ1) is 27.3. The lowest BCUT2D eigenvalue weighted by Crippen LogP contribution is -2.15. The fourth-order valence-corrected chi connectivity index (χ4v) is 4.66. The Morgan fingerprint density at radius 3 is 2.51 bits per heavy atom. The molecule has 12 nitrogen and oxygen atoms in total. The molecule has 208 valence electrons. The molecule has 0 fully saturated rings. The van der Waals surface area contributed by atoms with E-state index in [4.69, 9.17) is 20.8 Å². The van der Waals surface area contributed by atoms with Gasteiger partial charge in [-0.1, -0.05) is 29.8 Å². The van der Waals surface area contributed by atoms with Crippen molar-refractivity contribution in [3.8, 4) is 11.5 Å². The highest BCUT2D eigenvalue weighted by atomic mass is 35.5. The predicted octanol–water partition coefficient (Wildman–Crippen LogP) is 7.25. The molecular weight excluding hydrogens is 554 g/mol. The van der Waals surface area contributed by atoms with Gasteiger partial charge in [0.15, 0.2) is 11.5 Å². The van der Waals surface area contributed by atoms with Gasteiger partial charge in [-0.25, -0.2) is 0 Å². The van der Waals surface area contributed by atoms with Crippen molar-refractivity contribution in [1.82, 2.24) is 0 Å². The number of hydrogen-bond acceptors (Lipinski definition) is 9. The van der Waals surface area contributed by atoms with Crippen LogP contribution in [-0.2, 0) is 6.42 Å². The lowest BCUT2D eigenvalue weighted by atomic mass is 9.93. The molecule has 0 unspecified atom stereocenters. The number of nitro benzene ring substituents is 2. The number of furan rings is 1. The van der Waals surface area contributed by atoms with E-state index in [1.54, 1.807) is 37.3 Å². The van der Waals surface area contributed by atoms with E-state index in [-0.39, 0.29) is 11.4 Å². The Balaban J connectivity index is 1.42. The smallest absolute Gasteiger partial charge is 0.301 e. The third-order valence-corrected chi connectivity index (χ3v) is 6.63. The fraction of sp³-hybridized carbons (Fsp3) is 0.143. The van der Waals surface area contributed by atoms with E-state index < -0.39 is 27.1 Å². The van der Waals surface area contributed by atoms with Crippen LogP contribution in [0, 0.1) is 27.2 Å². The molecule has 1 aliphatic carbocycles. The Kier molecular flexibility index (Phi) is 7.66.